The van der Waals surface area contributed by atoms with Crippen LogP contribution in [0.15, 0.2) is 148 Å². The third-order valence-corrected chi connectivity index (χ3v) is 7.60. The Labute approximate surface area is 208 Å². The monoisotopic (exact) mass is 477 g/mol. The molecule has 0 amide bonds. The van der Waals surface area contributed by atoms with Gasteiger partial charge in [-0.1, -0.05) is 36.4 Å². The van der Waals surface area contributed by atoms with E-state index in [1.54, 1.807) is 7.11 Å². The number of benzene rings is 5. The lowest BCUT2D eigenvalue weighted by atomic mass is 10.3. The average Bonchev–Trinajstić information content (AvgIpc) is 2.92. The molecule has 0 atom stereocenters. The van der Waals surface area contributed by atoms with Gasteiger partial charge in [0.2, 0.25) is 0 Å². The van der Waals surface area contributed by atoms with Gasteiger partial charge in [0.1, 0.15) is 28.7 Å². The van der Waals surface area contributed by atoms with Crippen molar-refractivity contribution in [2.24, 2.45) is 0 Å². The van der Waals surface area contributed by atoms with Crippen LogP contribution in [-0.4, -0.2) is 7.11 Å². The summed E-state index contributed by atoms with van der Waals surface area (Å²) in [6.07, 6.45) is 0. The molecule has 5 aromatic carbocycles. The Balaban J connectivity index is 1.44. The molecule has 0 unspecified atom stereocenters. The molecule has 172 valence electrons. The maximum absolute atomic E-state index is 6.00. The van der Waals surface area contributed by atoms with Crippen molar-refractivity contribution in [1.29, 1.82) is 0 Å². The van der Waals surface area contributed by atoms with E-state index in [1.165, 1.54) is 14.7 Å². The first-order chi connectivity index (χ1) is 17.3. The lowest BCUT2D eigenvalue weighted by Crippen LogP contribution is -2.05. The lowest BCUT2D eigenvalue weighted by Gasteiger charge is -2.11. The number of hydrogen-bond acceptors (Lipinski definition) is 3. The molecule has 0 heterocycles. The third-order valence-electron chi connectivity index (χ3n) is 5.37. The molecule has 3 nitrogen and oxygen atoms in total. The summed E-state index contributed by atoms with van der Waals surface area (Å²) in [4.78, 5) is 3.61. The Hall–Kier alpha value is -4.15. The third kappa shape index (κ3) is 5.68. The molecular weight excluding hydrogens is 452 g/mol. The summed E-state index contributed by atoms with van der Waals surface area (Å²) in [5.41, 5.74) is 0. The van der Waals surface area contributed by atoms with Crippen molar-refractivity contribution in [1.82, 2.24) is 0 Å². The Bertz CT molecular complexity index is 1250. The maximum Gasteiger partial charge on any atom is 0.166 e. The van der Waals surface area contributed by atoms with Crippen LogP contribution in [0.25, 0.3) is 0 Å². The van der Waals surface area contributed by atoms with Crippen molar-refractivity contribution in [2.45, 2.75) is 14.7 Å². The van der Waals surface area contributed by atoms with Gasteiger partial charge in [0, 0.05) is 0 Å². The van der Waals surface area contributed by atoms with Crippen LogP contribution in [0, 0.1) is 0 Å². The van der Waals surface area contributed by atoms with Crippen LogP contribution >= 0.6 is 0 Å². The largest absolute Gasteiger partial charge is 0.497 e. The van der Waals surface area contributed by atoms with Crippen LogP contribution in [0.2, 0.25) is 0 Å². The second-order valence-corrected chi connectivity index (χ2v) is 9.78. The predicted molar refractivity (Wildman–Crippen MR) is 141 cm³/mol. The van der Waals surface area contributed by atoms with Crippen molar-refractivity contribution in [3.8, 4) is 28.7 Å². The van der Waals surface area contributed by atoms with Gasteiger partial charge in [-0.15, -0.1) is 0 Å². The zero-order valence-electron chi connectivity index (χ0n) is 19.3. The van der Waals surface area contributed by atoms with Crippen molar-refractivity contribution in [2.75, 3.05) is 7.11 Å². The SMILES string of the molecule is COc1ccc([S+](c2ccc(Oc3ccccc3)cc2)c2ccc(Oc3ccccc3)cc2)cc1. The van der Waals surface area contributed by atoms with E-state index in [4.69, 9.17) is 14.2 Å². The standard InChI is InChI=1S/C31H25O3S/c1-32-24-12-18-29(19-13-24)35(30-20-14-27(15-21-30)33-25-8-4-2-5-9-25)31-22-16-28(17-23-31)34-26-10-6-3-7-11-26/h2-23H,1H3/q+1. The summed E-state index contributed by atoms with van der Waals surface area (Å²) in [6.45, 7) is 0. The van der Waals surface area contributed by atoms with Crippen molar-refractivity contribution < 1.29 is 14.2 Å². The smallest absolute Gasteiger partial charge is 0.166 e. The minimum absolute atomic E-state index is 0.301. The average molecular weight is 478 g/mol. The van der Waals surface area contributed by atoms with Gasteiger partial charge in [0.25, 0.3) is 0 Å². The van der Waals surface area contributed by atoms with Crippen LogP contribution in [-0.2, 0) is 10.9 Å². The number of para-hydroxylation sites is 2. The molecule has 5 rings (SSSR count). The zero-order chi connectivity index (χ0) is 23.9. The summed E-state index contributed by atoms with van der Waals surface area (Å²) in [5, 5.41) is 0. The van der Waals surface area contributed by atoms with Crippen molar-refractivity contribution >= 4 is 10.9 Å². The number of hydrogen-bond donors (Lipinski definition) is 0. The summed E-state index contributed by atoms with van der Waals surface area (Å²) in [5.74, 6) is 4.11. The molecule has 0 saturated heterocycles. The summed E-state index contributed by atoms with van der Waals surface area (Å²) >= 11 is 0. The van der Waals surface area contributed by atoms with Gasteiger partial charge < -0.3 is 14.2 Å². The molecular formula is C31H25O3S+. The van der Waals surface area contributed by atoms with E-state index in [-0.39, 0.29) is 10.9 Å². The highest BCUT2D eigenvalue weighted by Gasteiger charge is 2.29. The highest BCUT2D eigenvalue weighted by atomic mass is 32.2. The number of rotatable bonds is 8. The fraction of sp³-hybridized carbons (Fsp3) is 0.0323. The topological polar surface area (TPSA) is 27.7 Å². The van der Waals surface area contributed by atoms with Gasteiger partial charge in [-0.2, -0.15) is 0 Å². The van der Waals surface area contributed by atoms with E-state index in [9.17, 15) is 0 Å². The van der Waals surface area contributed by atoms with E-state index in [0.29, 0.717) is 0 Å². The first kappa shape index (κ1) is 22.6. The first-order valence-corrected chi connectivity index (χ1v) is 12.6. The molecule has 0 aromatic heterocycles. The molecule has 5 aromatic rings. The van der Waals surface area contributed by atoms with Gasteiger partial charge in [-0.05, 0) is 97.1 Å². The molecule has 0 spiro atoms. The van der Waals surface area contributed by atoms with Crippen molar-refractivity contribution in [3.63, 3.8) is 0 Å². The van der Waals surface area contributed by atoms with Gasteiger partial charge in [-0.25, -0.2) is 0 Å². The minimum atomic E-state index is -0.301. The minimum Gasteiger partial charge on any atom is -0.497 e. The highest BCUT2D eigenvalue weighted by molar-refractivity contribution is 7.97. The van der Waals surface area contributed by atoms with Crippen LogP contribution in [0.5, 0.6) is 28.7 Å². The number of methoxy groups -OCH3 is 1. The zero-order valence-corrected chi connectivity index (χ0v) is 20.2. The van der Waals surface area contributed by atoms with Crippen LogP contribution in [0.4, 0.5) is 0 Å². The summed E-state index contributed by atoms with van der Waals surface area (Å²) in [7, 11) is 1.39. The molecule has 0 N–H and O–H groups in total. The van der Waals surface area contributed by atoms with Crippen molar-refractivity contribution in [3.05, 3.63) is 133 Å². The molecule has 0 aliphatic rings. The summed E-state index contributed by atoms with van der Waals surface area (Å²) < 4.78 is 17.4. The highest BCUT2D eigenvalue weighted by Crippen LogP contribution is 2.35. The molecule has 35 heavy (non-hydrogen) atoms. The first-order valence-electron chi connectivity index (χ1n) is 11.3. The van der Waals surface area contributed by atoms with E-state index in [1.807, 2.05) is 97.1 Å². The fourth-order valence-electron chi connectivity index (χ4n) is 3.66. The fourth-order valence-corrected chi connectivity index (χ4v) is 5.70. The molecule has 0 aliphatic heterocycles. The van der Waals surface area contributed by atoms with E-state index < -0.39 is 0 Å². The molecule has 4 heteroatoms. The summed E-state index contributed by atoms with van der Waals surface area (Å²) in [6, 6.07) is 44.6. The molecule has 0 fully saturated rings. The van der Waals surface area contributed by atoms with Crippen LogP contribution < -0.4 is 14.2 Å². The van der Waals surface area contributed by atoms with E-state index >= 15 is 0 Å². The normalized spacial score (nSPS) is 10.7. The van der Waals surface area contributed by atoms with Gasteiger partial charge in [0.05, 0.1) is 18.0 Å². The van der Waals surface area contributed by atoms with Crippen LogP contribution in [0.3, 0.4) is 0 Å². The van der Waals surface area contributed by atoms with Crippen LogP contribution in [0.1, 0.15) is 0 Å². The van der Waals surface area contributed by atoms with E-state index in [2.05, 4.69) is 36.4 Å². The molecule has 0 saturated carbocycles. The maximum atomic E-state index is 6.00. The Morgan fingerprint density at radius 1 is 0.371 bits per heavy atom. The Kier molecular flexibility index (Phi) is 7.02. The lowest BCUT2D eigenvalue weighted by molar-refractivity contribution is 0.414. The number of ether oxygens (including phenoxy) is 3. The van der Waals surface area contributed by atoms with Gasteiger partial charge >= 0.3 is 0 Å². The van der Waals surface area contributed by atoms with E-state index in [0.717, 1.165) is 28.7 Å². The van der Waals surface area contributed by atoms with Gasteiger partial charge in [0.15, 0.2) is 14.7 Å². The molecule has 0 aliphatic carbocycles. The molecule has 0 bridgehead atoms. The predicted octanol–water partition coefficient (Wildman–Crippen LogP) is 8.38. The second kappa shape index (κ2) is 10.9. The molecule has 0 radical (unpaired) electrons. The Morgan fingerprint density at radius 3 is 1.03 bits per heavy atom. The second-order valence-electron chi connectivity index (χ2n) is 7.75. The Morgan fingerprint density at radius 2 is 0.686 bits per heavy atom. The van der Waals surface area contributed by atoms with Gasteiger partial charge in [-0.3, -0.25) is 0 Å². The quantitative estimate of drug-likeness (QED) is 0.210.